The number of methoxy groups -OCH3 is 1. The van der Waals surface area contributed by atoms with E-state index < -0.39 is 5.54 Å². The number of hydrogen-bond donors (Lipinski definition) is 2. The minimum absolute atomic E-state index is 0.00373. The van der Waals surface area contributed by atoms with Gasteiger partial charge in [0.15, 0.2) is 0 Å². The number of carbonyl (C=O) groups is 3. The van der Waals surface area contributed by atoms with E-state index in [1.54, 1.807) is 66.2 Å². The van der Waals surface area contributed by atoms with Gasteiger partial charge in [0, 0.05) is 16.9 Å². The lowest BCUT2D eigenvalue weighted by Gasteiger charge is -2.36. The zero-order chi connectivity index (χ0) is 26.5. The summed E-state index contributed by atoms with van der Waals surface area (Å²) in [6.07, 6.45) is 3.87. The highest BCUT2D eigenvalue weighted by Gasteiger charge is 2.41. The van der Waals surface area contributed by atoms with E-state index in [-0.39, 0.29) is 23.1 Å². The highest BCUT2D eigenvalue weighted by atomic mass is 32.2. The van der Waals surface area contributed by atoms with Crippen molar-refractivity contribution in [1.82, 2.24) is 5.32 Å². The summed E-state index contributed by atoms with van der Waals surface area (Å²) >= 11 is 1.57. The summed E-state index contributed by atoms with van der Waals surface area (Å²) in [6, 6.07) is 24.1. The lowest BCUT2D eigenvalue weighted by atomic mass is 9.80. The van der Waals surface area contributed by atoms with E-state index in [0.717, 1.165) is 24.8 Å². The third-order valence-corrected chi connectivity index (χ3v) is 8.39. The third-order valence-electron chi connectivity index (χ3n) is 7.18. The molecule has 0 aromatic heterocycles. The number of anilines is 2. The van der Waals surface area contributed by atoms with Crippen molar-refractivity contribution in [2.24, 2.45) is 0 Å². The molecule has 196 valence electrons. The van der Waals surface area contributed by atoms with Crippen molar-refractivity contribution in [3.8, 4) is 5.75 Å². The molecule has 1 aliphatic heterocycles. The number of nitrogens with zero attached hydrogens (tertiary/aromatic N) is 1. The van der Waals surface area contributed by atoms with E-state index in [0.29, 0.717) is 41.3 Å². The number of ether oxygens (including phenoxy) is 1. The predicted octanol–water partition coefficient (Wildman–Crippen LogP) is 5.55. The van der Waals surface area contributed by atoms with Crippen LogP contribution < -0.4 is 20.3 Å². The molecule has 1 saturated heterocycles. The number of carbonyl (C=O) groups excluding carboxylic acids is 3. The summed E-state index contributed by atoms with van der Waals surface area (Å²) in [4.78, 5) is 41.7. The summed E-state index contributed by atoms with van der Waals surface area (Å²) in [7, 11) is 1.59. The molecule has 8 heteroatoms. The van der Waals surface area contributed by atoms with Crippen molar-refractivity contribution in [3.63, 3.8) is 0 Å². The Morgan fingerprint density at radius 2 is 1.68 bits per heavy atom. The first kappa shape index (κ1) is 25.9. The molecule has 1 saturated carbocycles. The molecular formula is C30H31N3O4S. The van der Waals surface area contributed by atoms with Crippen LogP contribution in [0.1, 0.15) is 53.4 Å². The van der Waals surface area contributed by atoms with Gasteiger partial charge in [-0.15, -0.1) is 11.8 Å². The molecule has 1 atom stereocenters. The van der Waals surface area contributed by atoms with Crippen molar-refractivity contribution in [1.29, 1.82) is 0 Å². The number of amides is 3. The summed E-state index contributed by atoms with van der Waals surface area (Å²) in [6.45, 7) is 0. The Balaban J connectivity index is 1.36. The van der Waals surface area contributed by atoms with Gasteiger partial charge in [-0.3, -0.25) is 19.3 Å². The van der Waals surface area contributed by atoms with Gasteiger partial charge in [-0.05, 0) is 60.9 Å². The summed E-state index contributed by atoms with van der Waals surface area (Å²) < 4.78 is 5.20. The second-order valence-electron chi connectivity index (χ2n) is 9.67. The molecule has 0 radical (unpaired) electrons. The smallest absolute Gasteiger partial charge is 0.252 e. The van der Waals surface area contributed by atoms with Crippen LogP contribution in [0.4, 0.5) is 11.4 Å². The molecule has 2 aliphatic rings. The van der Waals surface area contributed by atoms with Crippen LogP contribution in [0.25, 0.3) is 0 Å². The second kappa shape index (κ2) is 11.3. The van der Waals surface area contributed by atoms with Gasteiger partial charge in [0.25, 0.3) is 5.91 Å². The van der Waals surface area contributed by atoms with Crippen molar-refractivity contribution in [2.45, 2.75) is 43.0 Å². The molecular weight excluding hydrogens is 498 g/mol. The molecule has 2 fully saturated rings. The van der Waals surface area contributed by atoms with E-state index in [2.05, 4.69) is 10.6 Å². The maximum Gasteiger partial charge on any atom is 0.252 e. The molecule has 5 rings (SSSR count). The molecule has 0 spiro atoms. The first-order valence-electron chi connectivity index (χ1n) is 12.9. The van der Waals surface area contributed by atoms with Crippen LogP contribution in [0.2, 0.25) is 0 Å². The maximum absolute atomic E-state index is 13.5. The van der Waals surface area contributed by atoms with Crippen LogP contribution in [0.3, 0.4) is 0 Å². The molecule has 38 heavy (non-hydrogen) atoms. The average molecular weight is 530 g/mol. The van der Waals surface area contributed by atoms with Gasteiger partial charge in [0.1, 0.15) is 16.7 Å². The monoisotopic (exact) mass is 529 g/mol. The maximum atomic E-state index is 13.5. The SMILES string of the molecule is COc1ccc(NC(=O)C2(NC(=O)c3cccc(N4C(=O)CSC4c4ccccc4)c3)CCCCC2)cc1. The van der Waals surface area contributed by atoms with Crippen molar-refractivity contribution >= 4 is 40.9 Å². The Bertz CT molecular complexity index is 1310. The number of rotatable bonds is 7. The molecule has 1 unspecified atom stereocenters. The van der Waals surface area contributed by atoms with Crippen LogP contribution in [0, 0.1) is 0 Å². The van der Waals surface area contributed by atoms with Crippen LogP contribution in [0.15, 0.2) is 78.9 Å². The average Bonchev–Trinajstić information content (AvgIpc) is 3.35. The van der Waals surface area contributed by atoms with Gasteiger partial charge >= 0.3 is 0 Å². The standard InChI is InChI=1S/C30H31N3O4S/c1-37-25-15-13-23(14-16-25)31-29(36)30(17-6-3-7-18-30)32-27(35)22-11-8-12-24(19-22)33-26(34)20-38-28(33)21-9-4-2-5-10-21/h2,4-5,8-16,19,28H,3,6-7,17-18,20H2,1H3,(H,31,36)(H,32,35). The molecule has 2 N–H and O–H groups in total. The minimum atomic E-state index is -1.00. The largest absolute Gasteiger partial charge is 0.497 e. The molecule has 0 bridgehead atoms. The van der Waals surface area contributed by atoms with E-state index in [1.165, 1.54) is 0 Å². The van der Waals surface area contributed by atoms with Crippen LogP contribution in [-0.2, 0) is 9.59 Å². The molecule has 3 aromatic rings. The molecule has 1 aliphatic carbocycles. The Morgan fingerprint density at radius 3 is 2.39 bits per heavy atom. The fraction of sp³-hybridized carbons (Fsp3) is 0.300. The molecule has 1 heterocycles. The van der Waals surface area contributed by atoms with Gasteiger partial charge in [-0.2, -0.15) is 0 Å². The number of nitrogens with one attached hydrogen (secondary N) is 2. The fourth-order valence-electron chi connectivity index (χ4n) is 5.14. The van der Waals surface area contributed by atoms with Crippen LogP contribution in [0.5, 0.6) is 5.75 Å². The van der Waals surface area contributed by atoms with Gasteiger partial charge in [-0.1, -0.05) is 55.7 Å². The zero-order valence-electron chi connectivity index (χ0n) is 21.3. The minimum Gasteiger partial charge on any atom is -0.497 e. The van der Waals surface area contributed by atoms with Crippen molar-refractivity contribution in [2.75, 3.05) is 23.1 Å². The van der Waals surface area contributed by atoms with E-state index in [1.807, 2.05) is 36.4 Å². The quantitative estimate of drug-likeness (QED) is 0.419. The van der Waals surface area contributed by atoms with Crippen LogP contribution in [-0.4, -0.2) is 36.1 Å². The lowest BCUT2D eigenvalue weighted by molar-refractivity contribution is -0.123. The number of benzene rings is 3. The highest BCUT2D eigenvalue weighted by molar-refractivity contribution is 8.00. The Morgan fingerprint density at radius 1 is 0.947 bits per heavy atom. The van der Waals surface area contributed by atoms with E-state index in [4.69, 9.17) is 4.74 Å². The lowest BCUT2D eigenvalue weighted by Crippen LogP contribution is -2.57. The molecule has 3 aromatic carbocycles. The Kier molecular flexibility index (Phi) is 7.69. The van der Waals surface area contributed by atoms with E-state index >= 15 is 0 Å². The topological polar surface area (TPSA) is 87.7 Å². The predicted molar refractivity (Wildman–Crippen MR) is 150 cm³/mol. The first-order valence-corrected chi connectivity index (χ1v) is 13.9. The van der Waals surface area contributed by atoms with Crippen LogP contribution >= 0.6 is 11.8 Å². The molecule has 7 nitrogen and oxygen atoms in total. The number of thioether (sulfide) groups is 1. The zero-order valence-corrected chi connectivity index (χ0v) is 22.1. The third kappa shape index (κ3) is 5.41. The summed E-state index contributed by atoms with van der Waals surface area (Å²) in [5, 5.41) is 5.91. The van der Waals surface area contributed by atoms with Gasteiger partial charge in [0.05, 0.1) is 12.9 Å². The first-order chi connectivity index (χ1) is 18.5. The Labute approximate surface area is 226 Å². The fourth-order valence-corrected chi connectivity index (χ4v) is 6.32. The van der Waals surface area contributed by atoms with Crippen molar-refractivity contribution < 1.29 is 19.1 Å². The van der Waals surface area contributed by atoms with Crippen molar-refractivity contribution in [3.05, 3.63) is 90.0 Å². The Hall–Kier alpha value is -3.78. The summed E-state index contributed by atoms with van der Waals surface area (Å²) in [5.41, 5.74) is 1.77. The highest BCUT2D eigenvalue weighted by Crippen LogP contribution is 2.42. The number of hydrogen-bond acceptors (Lipinski definition) is 5. The summed E-state index contributed by atoms with van der Waals surface area (Å²) in [5.74, 6) is 0.540. The van der Waals surface area contributed by atoms with Gasteiger partial charge in [-0.25, -0.2) is 0 Å². The van der Waals surface area contributed by atoms with Gasteiger partial charge in [0.2, 0.25) is 11.8 Å². The molecule has 3 amide bonds. The van der Waals surface area contributed by atoms with Gasteiger partial charge < -0.3 is 15.4 Å². The normalized spacial score (nSPS) is 18.6. The van der Waals surface area contributed by atoms with E-state index in [9.17, 15) is 14.4 Å². The second-order valence-corrected chi connectivity index (χ2v) is 10.7.